The third-order valence-corrected chi connectivity index (χ3v) is 4.39. The number of anilines is 1. The molecule has 0 unspecified atom stereocenters. The van der Waals surface area contributed by atoms with Gasteiger partial charge in [-0.1, -0.05) is 11.6 Å². The van der Waals surface area contributed by atoms with E-state index in [2.05, 4.69) is 5.32 Å². The first-order valence-corrected chi connectivity index (χ1v) is 7.97. The molecule has 0 saturated carbocycles. The monoisotopic (exact) mass is 353 g/mol. The average molecular weight is 354 g/mol. The quantitative estimate of drug-likeness (QED) is 0.882. The minimum atomic E-state index is -1.17. The van der Waals surface area contributed by atoms with Crippen LogP contribution in [0.2, 0.25) is 4.34 Å². The zero-order valence-electron chi connectivity index (χ0n) is 11.8. The van der Waals surface area contributed by atoms with Crippen LogP contribution >= 0.6 is 22.9 Å². The van der Waals surface area contributed by atoms with Gasteiger partial charge in [-0.05, 0) is 12.1 Å². The number of ether oxygens (including phenoxy) is 2. The fraction of sp³-hybridized carbons (Fsp3) is 0.200. The molecule has 120 valence electrons. The van der Waals surface area contributed by atoms with Crippen molar-refractivity contribution >= 4 is 40.5 Å². The molecule has 6 nitrogen and oxygen atoms in total. The Bertz CT molecular complexity index is 773. The van der Waals surface area contributed by atoms with Crippen molar-refractivity contribution in [2.75, 3.05) is 18.5 Å². The molecule has 3 rings (SSSR count). The van der Waals surface area contributed by atoms with Crippen molar-refractivity contribution in [3.8, 4) is 11.5 Å². The average Bonchev–Trinajstić information content (AvgIpc) is 2.81. The number of amides is 1. The van der Waals surface area contributed by atoms with Crippen LogP contribution in [-0.4, -0.2) is 30.2 Å². The van der Waals surface area contributed by atoms with E-state index in [-0.39, 0.29) is 11.3 Å². The second-order valence-electron chi connectivity index (χ2n) is 4.76. The fourth-order valence-electron chi connectivity index (χ4n) is 2.11. The molecular formula is C15H12ClNO5S. The number of fused-ring (bicyclic) bond motifs is 1. The second kappa shape index (κ2) is 6.47. The molecule has 1 aromatic heterocycles. The van der Waals surface area contributed by atoms with E-state index < -0.39 is 11.9 Å². The lowest BCUT2D eigenvalue weighted by Gasteiger charge is -2.13. The minimum Gasteiger partial charge on any atom is -0.490 e. The van der Waals surface area contributed by atoms with E-state index in [0.29, 0.717) is 40.3 Å². The molecule has 1 aliphatic rings. The maximum Gasteiger partial charge on any atom is 0.337 e. The number of hydrogen-bond acceptors (Lipinski definition) is 5. The molecule has 1 aromatic carbocycles. The van der Waals surface area contributed by atoms with E-state index in [1.807, 2.05) is 0 Å². The zero-order chi connectivity index (χ0) is 16.4. The Morgan fingerprint density at radius 2 is 1.87 bits per heavy atom. The van der Waals surface area contributed by atoms with E-state index in [1.165, 1.54) is 12.1 Å². The standard InChI is InChI=1S/C15H12ClNO5S/c16-13-3-2-12(23-13)14(18)17-9-7-11-10(6-8(9)15(19)20)21-4-1-5-22-11/h2-3,6-7H,1,4-5H2,(H,17,18)(H,19,20). The van der Waals surface area contributed by atoms with Crippen molar-refractivity contribution in [3.05, 3.63) is 39.0 Å². The highest BCUT2D eigenvalue weighted by Gasteiger charge is 2.21. The molecule has 0 spiro atoms. The molecule has 2 aromatic rings. The van der Waals surface area contributed by atoms with Crippen molar-refractivity contribution in [1.82, 2.24) is 0 Å². The highest BCUT2D eigenvalue weighted by atomic mass is 35.5. The highest BCUT2D eigenvalue weighted by Crippen LogP contribution is 2.35. The van der Waals surface area contributed by atoms with Crippen LogP contribution in [0.3, 0.4) is 0 Å². The van der Waals surface area contributed by atoms with Gasteiger partial charge >= 0.3 is 5.97 Å². The Balaban J connectivity index is 1.95. The summed E-state index contributed by atoms with van der Waals surface area (Å²) in [5.41, 5.74) is 0.0847. The molecule has 0 fully saturated rings. The van der Waals surface area contributed by atoms with Crippen LogP contribution in [0.5, 0.6) is 11.5 Å². The lowest BCUT2D eigenvalue weighted by molar-refractivity contribution is 0.0697. The smallest absolute Gasteiger partial charge is 0.337 e. The van der Waals surface area contributed by atoms with E-state index in [1.54, 1.807) is 12.1 Å². The van der Waals surface area contributed by atoms with E-state index in [0.717, 1.165) is 11.3 Å². The van der Waals surface area contributed by atoms with Gasteiger partial charge in [-0.3, -0.25) is 4.79 Å². The van der Waals surface area contributed by atoms with Gasteiger partial charge in [-0.15, -0.1) is 11.3 Å². The van der Waals surface area contributed by atoms with Crippen LogP contribution in [0.15, 0.2) is 24.3 Å². The normalized spacial score (nSPS) is 13.3. The maximum absolute atomic E-state index is 12.2. The van der Waals surface area contributed by atoms with Crippen molar-refractivity contribution in [2.24, 2.45) is 0 Å². The topological polar surface area (TPSA) is 84.9 Å². The number of rotatable bonds is 3. The van der Waals surface area contributed by atoms with Crippen molar-refractivity contribution in [1.29, 1.82) is 0 Å². The third-order valence-electron chi connectivity index (χ3n) is 3.16. The predicted octanol–water partition coefficient (Wildman–Crippen LogP) is 3.51. The Hall–Kier alpha value is -2.25. The Morgan fingerprint density at radius 1 is 1.17 bits per heavy atom. The SMILES string of the molecule is O=C(Nc1cc2c(cc1C(=O)O)OCCCO2)c1ccc(Cl)s1. The summed E-state index contributed by atoms with van der Waals surface area (Å²) in [4.78, 5) is 24.1. The Labute approximate surface area is 140 Å². The number of thiophene rings is 1. The molecule has 2 N–H and O–H groups in total. The molecule has 0 atom stereocenters. The van der Waals surface area contributed by atoms with Gasteiger partial charge in [0.25, 0.3) is 5.91 Å². The highest BCUT2D eigenvalue weighted by molar-refractivity contribution is 7.18. The summed E-state index contributed by atoms with van der Waals surface area (Å²) in [6.45, 7) is 0.915. The summed E-state index contributed by atoms with van der Waals surface area (Å²) in [7, 11) is 0. The van der Waals surface area contributed by atoms with Gasteiger partial charge in [-0.25, -0.2) is 4.79 Å². The number of halogens is 1. The van der Waals surface area contributed by atoms with Crippen molar-refractivity contribution in [2.45, 2.75) is 6.42 Å². The molecule has 0 saturated heterocycles. The second-order valence-corrected chi connectivity index (χ2v) is 6.47. The van der Waals surface area contributed by atoms with Crippen LogP contribution in [0, 0.1) is 0 Å². The van der Waals surface area contributed by atoms with Gasteiger partial charge in [0.2, 0.25) is 0 Å². The first-order valence-electron chi connectivity index (χ1n) is 6.78. The number of benzene rings is 1. The van der Waals surface area contributed by atoms with Crippen molar-refractivity contribution in [3.63, 3.8) is 0 Å². The van der Waals surface area contributed by atoms with Crippen LogP contribution in [0.25, 0.3) is 0 Å². The molecule has 0 bridgehead atoms. The molecule has 1 aliphatic heterocycles. The van der Waals surface area contributed by atoms with Gasteiger partial charge in [0.05, 0.1) is 33.7 Å². The van der Waals surface area contributed by atoms with Gasteiger partial charge in [-0.2, -0.15) is 0 Å². The number of nitrogens with one attached hydrogen (secondary N) is 1. The predicted molar refractivity (Wildman–Crippen MR) is 86.3 cm³/mol. The third kappa shape index (κ3) is 3.40. The first-order chi connectivity index (χ1) is 11.0. The molecule has 2 heterocycles. The molecular weight excluding hydrogens is 342 g/mol. The minimum absolute atomic E-state index is 0.0646. The van der Waals surface area contributed by atoms with Gasteiger partial charge in [0, 0.05) is 18.6 Å². The van der Waals surface area contributed by atoms with Crippen LogP contribution in [0.4, 0.5) is 5.69 Å². The fourth-order valence-corrected chi connectivity index (χ4v) is 3.05. The van der Waals surface area contributed by atoms with E-state index in [4.69, 9.17) is 21.1 Å². The number of carbonyl (C=O) groups is 2. The number of carboxylic acid groups (broad SMARTS) is 1. The molecule has 0 radical (unpaired) electrons. The Morgan fingerprint density at radius 3 is 2.48 bits per heavy atom. The van der Waals surface area contributed by atoms with E-state index in [9.17, 15) is 14.7 Å². The van der Waals surface area contributed by atoms with Gasteiger partial charge in [0.1, 0.15) is 0 Å². The van der Waals surface area contributed by atoms with E-state index >= 15 is 0 Å². The number of aromatic carboxylic acids is 1. The van der Waals surface area contributed by atoms with Crippen LogP contribution in [0.1, 0.15) is 26.5 Å². The lowest BCUT2D eigenvalue weighted by Crippen LogP contribution is -2.14. The summed E-state index contributed by atoms with van der Waals surface area (Å²) in [6.07, 6.45) is 0.701. The largest absolute Gasteiger partial charge is 0.490 e. The molecule has 0 aliphatic carbocycles. The summed E-state index contributed by atoms with van der Waals surface area (Å²) in [6, 6.07) is 6.01. The summed E-state index contributed by atoms with van der Waals surface area (Å²) in [5, 5.41) is 11.9. The zero-order valence-corrected chi connectivity index (χ0v) is 13.4. The van der Waals surface area contributed by atoms with Gasteiger partial charge in [0.15, 0.2) is 11.5 Å². The number of carbonyl (C=O) groups excluding carboxylic acids is 1. The van der Waals surface area contributed by atoms with Crippen molar-refractivity contribution < 1.29 is 24.2 Å². The molecule has 8 heteroatoms. The first kappa shape index (κ1) is 15.6. The summed E-state index contributed by atoms with van der Waals surface area (Å²) in [5.74, 6) is -0.830. The lowest BCUT2D eigenvalue weighted by atomic mass is 10.1. The molecule has 23 heavy (non-hydrogen) atoms. The van der Waals surface area contributed by atoms with Gasteiger partial charge < -0.3 is 19.9 Å². The maximum atomic E-state index is 12.2. The number of hydrogen-bond donors (Lipinski definition) is 2. The van der Waals surface area contributed by atoms with Crippen LogP contribution in [-0.2, 0) is 0 Å². The summed E-state index contributed by atoms with van der Waals surface area (Å²) < 4.78 is 11.5. The summed E-state index contributed by atoms with van der Waals surface area (Å²) >= 11 is 6.92. The number of carboxylic acids is 1. The Kier molecular flexibility index (Phi) is 4.40. The van der Waals surface area contributed by atoms with Crippen LogP contribution < -0.4 is 14.8 Å². The molecule has 1 amide bonds.